The van der Waals surface area contributed by atoms with Gasteiger partial charge in [-0.05, 0) is 48.9 Å². The van der Waals surface area contributed by atoms with Crippen LogP contribution < -0.4 is 5.32 Å². The number of benzene rings is 2. The van der Waals surface area contributed by atoms with Gasteiger partial charge in [-0.1, -0.05) is 30.0 Å². The molecule has 0 spiro atoms. The van der Waals surface area contributed by atoms with E-state index in [4.69, 9.17) is 4.55 Å². The molecule has 2 heterocycles. The summed E-state index contributed by atoms with van der Waals surface area (Å²) in [6, 6.07) is 15.4. The molecule has 1 atom stereocenters. The lowest BCUT2D eigenvalue weighted by molar-refractivity contribution is -0.114. The number of hydrogen-bond acceptors (Lipinski definition) is 6. The van der Waals surface area contributed by atoms with Gasteiger partial charge in [0.25, 0.3) is 10.1 Å². The van der Waals surface area contributed by atoms with E-state index in [2.05, 4.69) is 58.6 Å². The lowest BCUT2D eigenvalue weighted by Crippen LogP contribution is -2.46. The molecule has 4 rings (SSSR count). The van der Waals surface area contributed by atoms with Gasteiger partial charge in [0.05, 0.1) is 6.26 Å². The van der Waals surface area contributed by atoms with E-state index in [0.29, 0.717) is 12.3 Å². The van der Waals surface area contributed by atoms with E-state index in [0.717, 1.165) is 38.3 Å². The maximum absolute atomic E-state index is 11.5. The molecule has 1 saturated heterocycles. The fraction of sp³-hybridized carbons (Fsp3) is 0.409. The van der Waals surface area contributed by atoms with Gasteiger partial charge in [0.2, 0.25) is 5.91 Å². The summed E-state index contributed by atoms with van der Waals surface area (Å²) in [5.74, 6) is -0.0225. The van der Waals surface area contributed by atoms with Gasteiger partial charge in [-0.2, -0.15) is 8.42 Å². The molecule has 1 unspecified atom stereocenters. The summed E-state index contributed by atoms with van der Waals surface area (Å²) in [6.07, 6.45) is 1.73. The number of piperazine rings is 1. The van der Waals surface area contributed by atoms with Crippen molar-refractivity contribution in [1.29, 1.82) is 0 Å². The van der Waals surface area contributed by atoms with Crippen LogP contribution in [0.5, 0.6) is 0 Å². The second-order valence-corrected chi connectivity index (χ2v) is 10.5. The Labute approximate surface area is 194 Å². The van der Waals surface area contributed by atoms with Gasteiger partial charge in [0.1, 0.15) is 0 Å². The number of anilines is 1. The molecule has 2 aliphatic heterocycles. The van der Waals surface area contributed by atoms with Crippen LogP contribution in [-0.4, -0.2) is 73.6 Å². The Morgan fingerprint density at radius 1 is 1.09 bits per heavy atom. The molecule has 8 nitrogen and oxygen atoms in total. The second-order valence-electron chi connectivity index (χ2n) is 7.94. The third kappa shape index (κ3) is 7.58. The fourth-order valence-electron chi connectivity index (χ4n) is 3.85. The molecule has 0 aromatic heterocycles. The molecule has 0 radical (unpaired) electrons. The van der Waals surface area contributed by atoms with Gasteiger partial charge in [-0.25, -0.2) is 0 Å². The Bertz CT molecular complexity index is 1030. The van der Waals surface area contributed by atoms with Crippen LogP contribution in [0.3, 0.4) is 0 Å². The van der Waals surface area contributed by atoms with E-state index in [1.807, 2.05) is 17.8 Å². The molecule has 1 amide bonds. The number of rotatable bonds is 2. The molecule has 10 heteroatoms. The predicted molar refractivity (Wildman–Crippen MR) is 128 cm³/mol. The third-order valence-electron chi connectivity index (χ3n) is 5.27. The summed E-state index contributed by atoms with van der Waals surface area (Å²) >= 11 is 1.85. The molecule has 0 bridgehead atoms. The molecule has 2 aliphatic rings. The number of amides is 1. The van der Waals surface area contributed by atoms with Crippen molar-refractivity contribution in [3.63, 3.8) is 0 Å². The van der Waals surface area contributed by atoms with Crippen molar-refractivity contribution in [3.8, 4) is 0 Å². The Balaban J connectivity index is 0.000000548. The summed E-state index contributed by atoms with van der Waals surface area (Å²) < 4.78 is 25.9. The number of likely N-dealkylation sites (N-methyl/N-ethyl adjacent to an activating group) is 1. The minimum Gasteiger partial charge on any atom is -0.412 e. The number of nitrogens with one attached hydrogen (secondary N) is 1. The van der Waals surface area contributed by atoms with Crippen LogP contribution in [0, 0.1) is 0 Å². The van der Waals surface area contributed by atoms with E-state index in [1.54, 1.807) is 6.92 Å². The van der Waals surface area contributed by atoms with E-state index in [-0.39, 0.29) is 11.4 Å². The molecular weight excluding hydrogens is 450 g/mol. The fourth-order valence-corrected chi connectivity index (χ4v) is 4.97. The third-order valence-corrected chi connectivity index (χ3v) is 6.48. The first-order valence-electron chi connectivity index (χ1n) is 10.1. The Hall–Kier alpha value is -1.95. The minimum atomic E-state index is -3.67. The van der Waals surface area contributed by atoms with Crippen LogP contribution in [0.1, 0.15) is 24.1 Å². The first-order chi connectivity index (χ1) is 14.6. The maximum atomic E-state index is 11.5. The molecule has 176 valence electrons. The summed E-state index contributed by atoms with van der Waals surface area (Å²) in [4.78, 5) is 19.2. The van der Waals surface area contributed by atoms with E-state index < -0.39 is 10.1 Å². The van der Waals surface area contributed by atoms with Gasteiger partial charge in [-0.15, -0.1) is 0 Å². The zero-order valence-electron chi connectivity index (χ0n) is 18.5. The topological polar surface area (TPSA) is 121 Å². The lowest BCUT2D eigenvalue weighted by Gasteiger charge is -2.38. The van der Waals surface area contributed by atoms with Crippen molar-refractivity contribution >= 4 is 33.5 Å². The molecule has 4 N–H and O–H groups in total. The maximum Gasteiger partial charge on any atom is 0.261 e. The Morgan fingerprint density at radius 3 is 2.34 bits per heavy atom. The molecule has 2 aromatic carbocycles. The van der Waals surface area contributed by atoms with Crippen molar-refractivity contribution in [3.05, 3.63) is 53.6 Å². The zero-order valence-corrected chi connectivity index (χ0v) is 20.2. The summed E-state index contributed by atoms with van der Waals surface area (Å²) in [5, 5.41) is 2.95. The number of nitrogens with zero attached hydrogens (tertiary/aromatic N) is 2. The van der Waals surface area contributed by atoms with Crippen LogP contribution >= 0.6 is 11.8 Å². The SMILES string of the molecule is CC(=O)Nc1ccc2c(c1)C(N1CCN(C)CC1)Cc1ccccc1S2.CS(=O)(=O)O.O. The second kappa shape index (κ2) is 11.3. The van der Waals surface area contributed by atoms with Gasteiger partial charge in [-0.3, -0.25) is 14.2 Å². The van der Waals surface area contributed by atoms with Crippen LogP contribution in [0.15, 0.2) is 52.3 Å². The van der Waals surface area contributed by atoms with Crippen LogP contribution in [0.4, 0.5) is 5.69 Å². The monoisotopic (exact) mass is 481 g/mol. The normalized spacial score (nSPS) is 18.7. The summed E-state index contributed by atoms with van der Waals surface area (Å²) in [5.41, 5.74) is 3.64. The Morgan fingerprint density at radius 2 is 1.72 bits per heavy atom. The highest BCUT2D eigenvalue weighted by Crippen LogP contribution is 2.43. The van der Waals surface area contributed by atoms with Crippen molar-refractivity contribution in [2.24, 2.45) is 0 Å². The van der Waals surface area contributed by atoms with Crippen molar-refractivity contribution < 1.29 is 23.2 Å². The Kier molecular flexibility index (Phi) is 9.26. The van der Waals surface area contributed by atoms with Crippen LogP contribution in [0.25, 0.3) is 0 Å². The number of carbonyl (C=O) groups is 1. The lowest BCUT2D eigenvalue weighted by atomic mass is 9.96. The van der Waals surface area contributed by atoms with Gasteiger partial charge in [0, 0.05) is 54.6 Å². The van der Waals surface area contributed by atoms with Gasteiger partial charge >= 0.3 is 0 Å². The minimum absolute atomic E-state index is 0. The average Bonchev–Trinajstić information content (AvgIpc) is 2.83. The first kappa shape index (κ1) is 26.3. The molecule has 1 fully saturated rings. The number of hydrogen-bond donors (Lipinski definition) is 2. The van der Waals surface area contributed by atoms with Crippen molar-refractivity contribution in [2.45, 2.75) is 29.2 Å². The molecule has 32 heavy (non-hydrogen) atoms. The smallest absolute Gasteiger partial charge is 0.261 e. The summed E-state index contributed by atoms with van der Waals surface area (Å²) in [6.45, 7) is 5.93. The van der Waals surface area contributed by atoms with Gasteiger partial charge in [0.15, 0.2) is 0 Å². The highest BCUT2D eigenvalue weighted by atomic mass is 32.2. The standard InChI is InChI=1S/C21H25N3OS.CH4O3S.H2O/c1-15(25)22-17-7-8-21-18(14-17)19(24-11-9-23(2)10-12-24)13-16-5-3-4-6-20(16)26-21;1-5(2,3)4;/h3-8,14,19H,9-13H2,1-2H3,(H,22,25);1H3,(H,2,3,4);1H2. The highest BCUT2D eigenvalue weighted by molar-refractivity contribution is 7.99. The van der Waals surface area contributed by atoms with E-state index in [9.17, 15) is 13.2 Å². The molecule has 2 aromatic rings. The average molecular weight is 482 g/mol. The highest BCUT2D eigenvalue weighted by Gasteiger charge is 2.29. The van der Waals surface area contributed by atoms with E-state index in [1.165, 1.54) is 20.9 Å². The van der Waals surface area contributed by atoms with E-state index >= 15 is 0 Å². The number of fused-ring (bicyclic) bond motifs is 2. The summed E-state index contributed by atoms with van der Waals surface area (Å²) in [7, 11) is -1.47. The van der Waals surface area contributed by atoms with Crippen LogP contribution in [0.2, 0.25) is 0 Å². The quantitative estimate of drug-likeness (QED) is 0.631. The number of carbonyl (C=O) groups excluding carboxylic acids is 1. The molecular formula is C22H31N3O5S2. The van der Waals surface area contributed by atoms with Crippen LogP contribution in [-0.2, 0) is 21.3 Å². The predicted octanol–water partition coefficient (Wildman–Crippen LogP) is 2.32. The first-order valence-corrected chi connectivity index (χ1v) is 12.8. The zero-order chi connectivity index (χ0) is 22.6. The van der Waals surface area contributed by atoms with Crippen molar-refractivity contribution in [2.75, 3.05) is 44.8 Å². The largest absolute Gasteiger partial charge is 0.412 e. The molecule has 0 aliphatic carbocycles. The van der Waals surface area contributed by atoms with Crippen molar-refractivity contribution in [1.82, 2.24) is 9.80 Å². The van der Waals surface area contributed by atoms with Gasteiger partial charge < -0.3 is 15.7 Å². The molecule has 0 saturated carbocycles.